The zero-order chi connectivity index (χ0) is 10.1. The van der Waals surface area contributed by atoms with E-state index in [2.05, 4.69) is 49.4 Å². The Labute approximate surface area is 85.9 Å². The summed E-state index contributed by atoms with van der Waals surface area (Å²) in [6, 6.07) is 7.26. The fourth-order valence-corrected chi connectivity index (χ4v) is 2.09. The Hall–Kier alpha value is -1.02. The topological polar surface area (TPSA) is 15.3 Å². The molecule has 1 atom stereocenters. The minimum atomic E-state index is 0.585. The summed E-state index contributed by atoms with van der Waals surface area (Å²) in [7, 11) is 4.24. The fraction of sp³-hybridized carbons (Fsp3) is 0.500. The zero-order valence-corrected chi connectivity index (χ0v) is 9.17. The lowest BCUT2D eigenvalue weighted by Crippen LogP contribution is -2.30. The predicted octanol–water partition coefficient (Wildman–Crippen LogP) is 1.89. The molecule has 0 bridgehead atoms. The summed E-state index contributed by atoms with van der Waals surface area (Å²) in [5, 5.41) is 3.56. The second-order valence-electron chi connectivity index (χ2n) is 4.47. The predicted molar refractivity (Wildman–Crippen MR) is 60.8 cm³/mol. The van der Waals surface area contributed by atoms with E-state index in [1.54, 1.807) is 0 Å². The molecule has 1 aliphatic heterocycles. The first-order chi connectivity index (χ1) is 6.65. The molecule has 76 valence electrons. The molecule has 0 saturated heterocycles. The summed E-state index contributed by atoms with van der Waals surface area (Å²) >= 11 is 0. The molecule has 0 amide bonds. The van der Waals surface area contributed by atoms with E-state index < -0.39 is 0 Å². The molecule has 1 N–H and O–H groups in total. The number of anilines is 1. The van der Waals surface area contributed by atoms with Crippen molar-refractivity contribution in [2.24, 2.45) is 0 Å². The van der Waals surface area contributed by atoms with Gasteiger partial charge in [0.2, 0.25) is 0 Å². The van der Waals surface area contributed by atoms with Crippen molar-refractivity contribution in [2.75, 3.05) is 26.0 Å². The normalized spacial score (nSPS) is 19.6. The average Bonchev–Trinajstić information content (AvgIpc) is 2.44. The first kappa shape index (κ1) is 9.53. The van der Waals surface area contributed by atoms with Gasteiger partial charge in [-0.15, -0.1) is 0 Å². The van der Waals surface area contributed by atoms with E-state index in [0.29, 0.717) is 6.04 Å². The van der Waals surface area contributed by atoms with E-state index >= 15 is 0 Å². The number of rotatable bonds is 2. The molecule has 2 rings (SSSR count). The number of hydrogen-bond acceptors (Lipinski definition) is 2. The van der Waals surface area contributed by atoms with Crippen LogP contribution in [0.3, 0.4) is 0 Å². The molecule has 1 heterocycles. The van der Waals surface area contributed by atoms with Crippen molar-refractivity contribution >= 4 is 5.69 Å². The van der Waals surface area contributed by atoms with Crippen molar-refractivity contribution in [2.45, 2.75) is 19.4 Å². The SMILES string of the molecule is Cc1ccc2c(c1)NC(CN(C)C)C2. The van der Waals surface area contributed by atoms with E-state index in [9.17, 15) is 0 Å². The minimum Gasteiger partial charge on any atom is -0.380 e. The van der Waals surface area contributed by atoms with Crippen LogP contribution in [0.25, 0.3) is 0 Å². The smallest absolute Gasteiger partial charge is 0.0429 e. The summed E-state index contributed by atoms with van der Waals surface area (Å²) in [6.07, 6.45) is 1.16. The minimum absolute atomic E-state index is 0.585. The molecule has 0 spiro atoms. The van der Waals surface area contributed by atoms with Gasteiger partial charge in [-0.2, -0.15) is 0 Å². The second-order valence-corrected chi connectivity index (χ2v) is 4.47. The van der Waals surface area contributed by atoms with E-state index in [4.69, 9.17) is 0 Å². The monoisotopic (exact) mass is 190 g/mol. The molecule has 0 aromatic heterocycles. The second kappa shape index (κ2) is 3.62. The van der Waals surface area contributed by atoms with Gasteiger partial charge in [-0.3, -0.25) is 0 Å². The van der Waals surface area contributed by atoms with Gasteiger partial charge in [0.25, 0.3) is 0 Å². The molecule has 1 aromatic carbocycles. The number of likely N-dealkylation sites (N-methyl/N-ethyl adjacent to an activating group) is 1. The summed E-state index contributed by atoms with van der Waals surface area (Å²) < 4.78 is 0. The van der Waals surface area contributed by atoms with Gasteiger partial charge in [-0.1, -0.05) is 12.1 Å². The highest BCUT2D eigenvalue weighted by atomic mass is 15.1. The Morgan fingerprint density at radius 2 is 2.21 bits per heavy atom. The lowest BCUT2D eigenvalue weighted by molar-refractivity contribution is 0.386. The zero-order valence-electron chi connectivity index (χ0n) is 9.17. The standard InChI is InChI=1S/C12H18N2/c1-9-4-5-10-7-11(8-14(2)3)13-12(10)6-9/h4-6,11,13H,7-8H2,1-3H3. The third-order valence-electron chi connectivity index (χ3n) is 2.68. The highest BCUT2D eigenvalue weighted by Crippen LogP contribution is 2.26. The number of fused-ring (bicyclic) bond motifs is 1. The Balaban J connectivity index is 2.10. The maximum atomic E-state index is 3.56. The van der Waals surface area contributed by atoms with Crippen LogP contribution in [0.5, 0.6) is 0 Å². The number of nitrogens with zero attached hydrogens (tertiary/aromatic N) is 1. The lowest BCUT2D eigenvalue weighted by atomic mass is 10.1. The van der Waals surface area contributed by atoms with Crippen LogP contribution in [0.15, 0.2) is 18.2 Å². The number of benzene rings is 1. The van der Waals surface area contributed by atoms with Gasteiger partial charge in [0.05, 0.1) is 0 Å². The van der Waals surface area contributed by atoms with Gasteiger partial charge in [0.15, 0.2) is 0 Å². The Bertz CT molecular complexity index is 331. The lowest BCUT2D eigenvalue weighted by Gasteiger charge is -2.16. The molecule has 0 fully saturated rings. The van der Waals surface area contributed by atoms with Crippen molar-refractivity contribution in [3.63, 3.8) is 0 Å². The quantitative estimate of drug-likeness (QED) is 0.766. The van der Waals surface area contributed by atoms with E-state index in [1.165, 1.54) is 16.8 Å². The van der Waals surface area contributed by atoms with Crippen LogP contribution < -0.4 is 5.32 Å². The van der Waals surface area contributed by atoms with Crippen LogP contribution in [0, 0.1) is 6.92 Å². The number of aryl methyl sites for hydroxylation is 1. The van der Waals surface area contributed by atoms with Crippen molar-refractivity contribution in [1.82, 2.24) is 4.90 Å². The van der Waals surface area contributed by atoms with Crippen molar-refractivity contribution in [3.8, 4) is 0 Å². The largest absolute Gasteiger partial charge is 0.380 e. The molecule has 14 heavy (non-hydrogen) atoms. The summed E-state index contributed by atoms with van der Waals surface area (Å²) in [6.45, 7) is 3.24. The van der Waals surface area contributed by atoms with Gasteiger partial charge < -0.3 is 10.2 Å². The van der Waals surface area contributed by atoms with Crippen LogP contribution >= 0.6 is 0 Å². The first-order valence-electron chi connectivity index (χ1n) is 5.16. The summed E-state index contributed by atoms with van der Waals surface area (Å²) in [5.74, 6) is 0. The van der Waals surface area contributed by atoms with Crippen LogP contribution in [-0.4, -0.2) is 31.6 Å². The Morgan fingerprint density at radius 1 is 1.43 bits per heavy atom. The summed E-state index contributed by atoms with van der Waals surface area (Å²) in [5.41, 5.74) is 4.13. The average molecular weight is 190 g/mol. The maximum Gasteiger partial charge on any atom is 0.0429 e. The van der Waals surface area contributed by atoms with Gasteiger partial charge >= 0.3 is 0 Å². The third kappa shape index (κ3) is 1.90. The third-order valence-corrected chi connectivity index (χ3v) is 2.68. The van der Waals surface area contributed by atoms with Crippen LogP contribution in [0.2, 0.25) is 0 Å². The van der Waals surface area contributed by atoms with Crippen molar-refractivity contribution in [3.05, 3.63) is 29.3 Å². The van der Waals surface area contributed by atoms with E-state index in [0.717, 1.165) is 13.0 Å². The van der Waals surface area contributed by atoms with Gasteiger partial charge in [0, 0.05) is 18.3 Å². The highest BCUT2D eigenvalue weighted by Gasteiger charge is 2.20. The van der Waals surface area contributed by atoms with Gasteiger partial charge in [-0.25, -0.2) is 0 Å². The Morgan fingerprint density at radius 3 is 2.93 bits per heavy atom. The molecular formula is C12H18N2. The first-order valence-corrected chi connectivity index (χ1v) is 5.16. The molecule has 1 aliphatic rings. The van der Waals surface area contributed by atoms with Crippen LogP contribution in [-0.2, 0) is 6.42 Å². The van der Waals surface area contributed by atoms with E-state index in [1.807, 2.05) is 0 Å². The van der Waals surface area contributed by atoms with Crippen LogP contribution in [0.4, 0.5) is 5.69 Å². The summed E-state index contributed by atoms with van der Waals surface area (Å²) in [4.78, 5) is 2.23. The molecule has 2 nitrogen and oxygen atoms in total. The number of nitrogens with one attached hydrogen (secondary N) is 1. The van der Waals surface area contributed by atoms with Crippen LogP contribution in [0.1, 0.15) is 11.1 Å². The molecule has 0 saturated carbocycles. The molecule has 0 aliphatic carbocycles. The highest BCUT2D eigenvalue weighted by molar-refractivity contribution is 5.58. The van der Waals surface area contributed by atoms with Crippen molar-refractivity contribution < 1.29 is 0 Å². The maximum absolute atomic E-state index is 3.56. The number of hydrogen-bond donors (Lipinski definition) is 1. The molecule has 2 heteroatoms. The molecule has 1 unspecified atom stereocenters. The van der Waals surface area contributed by atoms with Gasteiger partial charge in [0.1, 0.15) is 0 Å². The van der Waals surface area contributed by atoms with Crippen molar-refractivity contribution in [1.29, 1.82) is 0 Å². The Kier molecular flexibility index (Phi) is 2.46. The molecular weight excluding hydrogens is 172 g/mol. The van der Waals surface area contributed by atoms with E-state index in [-0.39, 0.29) is 0 Å². The fourth-order valence-electron chi connectivity index (χ4n) is 2.09. The molecule has 0 radical (unpaired) electrons. The molecule has 1 aromatic rings. The van der Waals surface area contributed by atoms with Gasteiger partial charge in [-0.05, 0) is 44.6 Å².